The van der Waals surface area contributed by atoms with Gasteiger partial charge in [-0.05, 0) is 47.7 Å². The summed E-state index contributed by atoms with van der Waals surface area (Å²) in [4.78, 5) is 44.1. The maximum atomic E-state index is 13.2. The standard InChI is InChI=1S/C24H20N2O5S/c1-2-31-24(30)16-9-7-15(8-10-16)14-26-20(17-5-3-11-25-13-17)19(22(28)23(26)29)21(27)18-6-4-12-32-18/h3-13,20,28H,2,14H2,1H3. The van der Waals surface area contributed by atoms with Gasteiger partial charge in [-0.25, -0.2) is 4.79 Å². The predicted molar refractivity (Wildman–Crippen MR) is 118 cm³/mol. The van der Waals surface area contributed by atoms with Gasteiger partial charge in [0.25, 0.3) is 5.91 Å². The van der Waals surface area contributed by atoms with E-state index in [-0.39, 0.29) is 24.5 Å². The molecule has 0 bridgehead atoms. The fourth-order valence-electron chi connectivity index (χ4n) is 3.63. The summed E-state index contributed by atoms with van der Waals surface area (Å²) >= 11 is 1.25. The first-order chi connectivity index (χ1) is 15.5. The molecular formula is C24H20N2O5S. The maximum Gasteiger partial charge on any atom is 0.338 e. The molecule has 0 spiro atoms. The molecule has 0 saturated heterocycles. The third kappa shape index (κ3) is 4.04. The summed E-state index contributed by atoms with van der Waals surface area (Å²) in [5, 5.41) is 12.4. The average Bonchev–Trinajstić information content (AvgIpc) is 3.43. The molecule has 162 valence electrons. The van der Waals surface area contributed by atoms with Gasteiger partial charge in [0.1, 0.15) is 0 Å². The Kier molecular flexibility index (Phi) is 6.13. The number of thiophene rings is 1. The van der Waals surface area contributed by atoms with Crippen LogP contribution >= 0.6 is 11.3 Å². The van der Waals surface area contributed by atoms with Crippen LogP contribution in [0.1, 0.15) is 44.1 Å². The molecule has 1 N–H and O–H groups in total. The molecule has 1 aliphatic rings. The molecule has 0 aliphatic carbocycles. The van der Waals surface area contributed by atoms with Crippen molar-refractivity contribution in [1.82, 2.24) is 9.88 Å². The Morgan fingerprint density at radius 1 is 1.16 bits per heavy atom. The second-order valence-corrected chi connectivity index (χ2v) is 8.06. The predicted octanol–water partition coefficient (Wildman–Crippen LogP) is 4.10. The number of rotatable bonds is 7. The summed E-state index contributed by atoms with van der Waals surface area (Å²) < 4.78 is 5.00. The first kappa shape index (κ1) is 21.5. The van der Waals surface area contributed by atoms with Gasteiger partial charge >= 0.3 is 5.97 Å². The Morgan fingerprint density at radius 2 is 1.94 bits per heavy atom. The summed E-state index contributed by atoms with van der Waals surface area (Å²) in [5.41, 5.74) is 1.79. The zero-order valence-corrected chi connectivity index (χ0v) is 18.0. The number of nitrogens with zero attached hydrogens (tertiary/aromatic N) is 2. The SMILES string of the molecule is CCOC(=O)c1ccc(CN2C(=O)C(O)=C(C(=O)c3cccs3)C2c2cccnc2)cc1. The zero-order chi connectivity index (χ0) is 22.7. The van der Waals surface area contributed by atoms with E-state index in [1.807, 2.05) is 0 Å². The number of amides is 1. The van der Waals surface area contributed by atoms with E-state index in [0.29, 0.717) is 16.0 Å². The van der Waals surface area contributed by atoms with Crippen molar-refractivity contribution in [2.75, 3.05) is 6.61 Å². The Bertz CT molecular complexity index is 1170. The number of ketones is 1. The number of esters is 1. The molecule has 32 heavy (non-hydrogen) atoms. The van der Waals surface area contributed by atoms with Crippen LogP contribution in [0.25, 0.3) is 0 Å². The molecule has 0 radical (unpaired) electrons. The van der Waals surface area contributed by atoms with Crippen molar-refractivity contribution in [2.24, 2.45) is 0 Å². The number of ether oxygens (including phenoxy) is 1. The Hall–Kier alpha value is -3.78. The van der Waals surface area contributed by atoms with Crippen LogP contribution in [0, 0.1) is 0 Å². The molecule has 1 aliphatic heterocycles. The van der Waals surface area contributed by atoms with E-state index in [1.165, 1.54) is 16.2 Å². The van der Waals surface area contributed by atoms with E-state index in [0.717, 1.165) is 5.56 Å². The van der Waals surface area contributed by atoms with E-state index in [9.17, 15) is 19.5 Å². The molecule has 1 atom stereocenters. The average molecular weight is 449 g/mol. The summed E-state index contributed by atoms with van der Waals surface area (Å²) in [5.74, 6) is -2.00. The number of carbonyl (C=O) groups is 3. The number of hydrogen-bond acceptors (Lipinski definition) is 7. The molecule has 4 rings (SSSR count). The van der Waals surface area contributed by atoms with Crippen molar-refractivity contribution in [3.8, 4) is 0 Å². The largest absolute Gasteiger partial charge is 0.503 e. The van der Waals surface area contributed by atoms with Crippen molar-refractivity contribution >= 4 is 29.0 Å². The van der Waals surface area contributed by atoms with E-state index < -0.39 is 23.7 Å². The van der Waals surface area contributed by atoms with Crippen molar-refractivity contribution in [1.29, 1.82) is 0 Å². The molecule has 8 heteroatoms. The monoisotopic (exact) mass is 448 g/mol. The first-order valence-corrected chi connectivity index (χ1v) is 10.9. The first-order valence-electron chi connectivity index (χ1n) is 9.99. The summed E-state index contributed by atoms with van der Waals surface area (Å²) in [6, 6.07) is 12.8. The fourth-order valence-corrected chi connectivity index (χ4v) is 4.31. The number of benzene rings is 1. The van der Waals surface area contributed by atoms with Gasteiger partial charge in [-0.1, -0.05) is 24.3 Å². The summed E-state index contributed by atoms with van der Waals surface area (Å²) in [6.45, 7) is 2.15. The Morgan fingerprint density at radius 3 is 2.56 bits per heavy atom. The molecular weight excluding hydrogens is 428 g/mol. The lowest BCUT2D eigenvalue weighted by atomic mass is 9.96. The number of hydrogen-bond donors (Lipinski definition) is 1. The molecule has 1 amide bonds. The summed E-state index contributed by atoms with van der Waals surface area (Å²) in [7, 11) is 0. The van der Waals surface area contributed by atoms with Crippen LogP contribution in [0.5, 0.6) is 0 Å². The van der Waals surface area contributed by atoms with E-state index >= 15 is 0 Å². The zero-order valence-electron chi connectivity index (χ0n) is 17.2. The highest BCUT2D eigenvalue weighted by Crippen LogP contribution is 2.40. The van der Waals surface area contributed by atoms with E-state index in [1.54, 1.807) is 73.2 Å². The number of aliphatic hydroxyl groups excluding tert-OH is 1. The van der Waals surface area contributed by atoms with Crippen LogP contribution in [-0.4, -0.2) is 39.3 Å². The lowest BCUT2D eigenvalue weighted by molar-refractivity contribution is -0.130. The lowest BCUT2D eigenvalue weighted by Crippen LogP contribution is -2.30. The quantitative estimate of drug-likeness (QED) is 0.432. The smallest absolute Gasteiger partial charge is 0.338 e. The number of pyridine rings is 1. The highest BCUT2D eigenvalue weighted by molar-refractivity contribution is 7.12. The van der Waals surface area contributed by atoms with Gasteiger partial charge in [0.15, 0.2) is 5.76 Å². The highest BCUT2D eigenvalue weighted by atomic mass is 32.1. The minimum atomic E-state index is -0.782. The Balaban J connectivity index is 1.68. The second kappa shape index (κ2) is 9.15. The highest BCUT2D eigenvalue weighted by Gasteiger charge is 2.44. The minimum absolute atomic E-state index is 0.0357. The maximum absolute atomic E-state index is 13.2. The van der Waals surface area contributed by atoms with E-state index in [2.05, 4.69) is 4.98 Å². The van der Waals surface area contributed by atoms with Gasteiger partial charge in [0.2, 0.25) is 5.78 Å². The molecule has 1 unspecified atom stereocenters. The Labute approximate surface area is 188 Å². The van der Waals surface area contributed by atoms with Gasteiger partial charge in [-0.2, -0.15) is 0 Å². The van der Waals surface area contributed by atoms with E-state index in [4.69, 9.17) is 4.74 Å². The second-order valence-electron chi connectivity index (χ2n) is 7.11. The third-order valence-electron chi connectivity index (χ3n) is 5.11. The summed E-state index contributed by atoms with van der Waals surface area (Å²) in [6.07, 6.45) is 3.18. The van der Waals surface area contributed by atoms with Crippen LogP contribution in [0.3, 0.4) is 0 Å². The molecule has 3 aromatic rings. The van der Waals surface area contributed by atoms with Gasteiger partial charge in [0, 0.05) is 18.9 Å². The van der Waals surface area contributed by atoms with Crippen molar-refractivity contribution in [2.45, 2.75) is 19.5 Å². The number of aromatic nitrogens is 1. The van der Waals surface area contributed by atoms with Crippen LogP contribution in [-0.2, 0) is 16.1 Å². The number of aliphatic hydroxyl groups is 1. The normalized spacial score (nSPS) is 15.8. The van der Waals surface area contributed by atoms with Gasteiger partial charge in [-0.15, -0.1) is 11.3 Å². The molecule has 7 nitrogen and oxygen atoms in total. The molecule has 1 aromatic carbocycles. The molecule has 2 aromatic heterocycles. The fraction of sp³-hybridized carbons (Fsp3) is 0.167. The number of carbonyl (C=O) groups excluding carboxylic acids is 3. The van der Waals surface area contributed by atoms with Gasteiger partial charge < -0.3 is 14.7 Å². The number of Topliss-reactive ketones (excluding diaryl/α,β-unsaturated/α-hetero) is 1. The minimum Gasteiger partial charge on any atom is -0.503 e. The van der Waals surface area contributed by atoms with Crippen LogP contribution < -0.4 is 0 Å². The van der Waals surface area contributed by atoms with Crippen LogP contribution in [0.15, 0.2) is 77.6 Å². The van der Waals surface area contributed by atoms with Crippen molar-refractivity contribution < 1.29 is 24.2 Å². The molecule has 3 heterocycles. The van der Waals surface area contributed by atoms with Crippen molar-refractivity contribution in [3.05, 3.63) is 99.2 Å². The van der Waals surface area contributed by atoms with Gasteiger partial charge in [0.05, 0.1) is 28.7 Å². The molecule has 0 saturated carbocycles. The third-order valence-corrected chi connectivity index (χ3v) is 5.98. The van der Waals surface area contributed by atoms with Gasteiger partial charge in [-0.3, -0.25) is 14.6 Å². The van der Waals surface area contributed by atoms with Crippen LogP contribution in [0.4, 0.5) is 0 Å². The van der Waals surface area contributed by atoms with Crippen LogP contribution in [0.2, 0.25) is 0 Å². The molecule has 0 fully saturated rings. The topological polar surface area (TPSA) is 96.8 Å². The lowest BCUT2D eigenvalue weighted by Gasteiger charge is -2.26. The van der Waals surface area contributed by atoms with Crippen molar-refractivity contribution in [3.63, 3.8) is 0 Å².